The summed E-state index contributed by atoms with van der Waals surface area (Å²) >= 11 is 0. The minimum absolute atomic E-state index is 0.100. The zero-order valence-electron chi connectivity index (χ0n) is 18.7. The van der Waals surface area contributed by atoms with Gasteiger partial charge in [-0.3, -0.25) is 14.6 Å². The van der Waals surface area contributed by atoms with Crippen molar-refractivity contribution in [2.24, 2.45) is 0 Å². The monoisotopic (exact) mass is 445 g/mol. The highest BCUT2D eigenvalue weighted by Crippen LogP contribution is 2.29. The van der Waals surface area contributed by atoms with Crippen LogP contribution in [-0.4, -0.2) is 59.4 Å². The summed E-state index contributed by atoms with van der Waals surface area (Å²) in [5, 5.41) is 0. The molecule has 0 aromatic heterocycles. The Hall–Kier alpha value is -2.38. The van der Waals surface area contributed by atoms with Gasteiger partial charge in [0.1, 0.15) is 0 Å². The van der Waals surface area contributed by atoms with Crippen LogP contribution in [0.25, 0.3) is 0 Å². The molecular formula is C25H30F3N3O. The first-order chi connectivity index (χ1) is 15.2. The molecule has 2 aliphatic heterocycles. The van der Waals surface area contributed by atoms with E-state index >= 15 is 0 Å². The molecule has 4 rings (SSSR count). The van der Waals surface area contributed by atoms with E-state index in [-0.39, 0.29) is 5.91 Å². The van der Waals surface area contributed by atoms with Gasteiger partial charge in [-0.05, 0) is 61.2 Å². The SMILES string of the molecule is CC(C)N1CCN(C(=O)c2ccc3c(c2)CCN(Cc2ccc(C(F)(F)F)cc2)C3)CC1. The van der Waals surface area contributed by atoms with Gasteiger partial charge in [-0.25, -0.2) is 0 Å². The molecule has 2 aromatic carbocycles. The van der Waals surface area contributed by atoms with Crippen molar-refractivity contribution in [3.8, 4) is 0 Å². The number of piperazine rings is 1. The lowest BCUT2D eigenvalue weighted by Crippen LogP contribution is -2.50. The minimum Gasteiger partial charge on any atom is -0.336 e. The summed E-state index contributed by atoms with van der Waals surface area (Å²) in [5.74, 6) is 0.100. The van der Waals surface area contributed by atoms with Crippen LogP contribution in [0.3, 0.4) is 0 Å². The van der Waals surface area contributed by atoms with Gasteiger partial charge in [-0.2, -0.15) is 13.2 Å². The summed E-state index contributed by atoms with van der Waals surface area (Å²) in [4.78, 5) is 19.6. The molecule has 1 amide bonds. The Kier molecular flexibility index (Phi) is 6.58. The maximum atomic E-state index is 13.0. The van der Waals surface area contributed by atoms with E-state index < -0.39 is 11.7 Å². The van der Waals surface area contributed by atoms with Gasteiger partial charge in [0.2, 0.25) is 0 Å². The van der Waals surface area contributed by atoms with Gasteiger partial charge in [0.05, 0.1) is 5.56 Å². The van der Waals surface area contributed by atoms with E-state index in [0.717, 1.165) is 68.9 Å². The largest absolute Gasteiger partial charge is 0.416 e. The van der Waals surface area contributed by atoms with Crippen LogP contribution in [-0.2, 0) is 25.7 Å². The van der Waals surface area contributed by atoms with Gasteiger partial charge < -0.3 is 4.90 Å². The van der Waals surface area contributed by atoms with Crippen LogP contribution in [0.5, 0.6) is 0 Å². The van der Waals surface area contributed by atoms with Gasteiger partial charge in [0.25, 0.3) is 5.91 Å². The van der Waals surface area contributed by atoms with Crippen molar-refractivity contribution in [3.63, 3.8) is 0 Å². The van der Waals surface area contributed by atoms with Crippen molar-refractivity contribution < 1.29 is 18.0 Å². The van der Waals surface area contributed by atoms with E-state index in [1.54, 1.807) is 12.1 Å². The number of hydrogen-bond donors (Lipinski definition) is 0. The van der Waals surface area contributed by atoms with Crippen molar-refractivity contribution in [3.05, 3.63) is 70.3 Å². The van der Waals surface area contributed by atoms with Crippen LogP contribution < -0.4 is 0 Å². The number of carbonyl (C=O) groups is 1. The number of carbonyl (C=O) groups excluding carboxylic acids is 1. The van der Waals surface area contributed by atoms with E-state index in [1.165, 1.54) is 11.1 Å². The van der Waals surface area contributed by atoms with Gasteiger partial charge in [-0.1, -0.05) is 18.2 Å². The Balaban J connectivity index is 1.37. The molecule has 1 saturated heterocycles. The third kappa shape index (κ3) is 5.15. The number of alkyl halides is 3. The van der Waals surface area contributed by atoms with Crippen LogP contribution >= 0.6 is 0 Å². The molecule has 2 aromatic rings. The molecule has 0 spiro atoms. The molecule has 32 heavy (non-hydrogen) atoms. The lowest BCUT2D eigenvalue weighted by Gasteiger charge is -2.37. The van der Waals surface area contributed by atoms with Crippen molar-refractivity contribution in [1.29, 1.82) is 0 Å². The van der Waals surface area contributed by atoms with Gasteiger partial charge in [0, 0.05) is 57.4 Å². The van der Waals surface area contributed by atoms with Gasteiger partial charge >= 0.3 is 6.18 Å². The predicted molar refractivity (Wildman–Crippen MR) is 118 cm³/mol. The van der Waals surface area contributed by atoms with Crippen LogP contribution in [0.4, 0.5) is 13.2 Å². The van der Waals surface area contributed by atoms with Crippen molar-refractivity contribution in [1.82, 2.24) is 14.7 Å². The standard InChI is InChI=1S/C25H30F3N3O/c1-18(2)30-11-13-31(14-12-30)24(32)21-5-6-22-17-29(10-9-20(22)15-21)16-19-3-7-23(8-4-19)25(26,27)28/h3-8,15,18H,9-14,16-17H2,1-2H3. The smallest absolute Gasteiger partial charge is 0.336 e. The van der Waals surface area contributed by atoms with Crippen molar-refractivity contribution in [2.75, 3.05) is 32.7 Å². The Bertz CT molecular complexity index is 948. The van der Waals surface area contributed by atoms with E-state index in [4.69, 9.17) is 0 Å². The number of nitrogens with zero attached hydrogens (tertiary/aromatic N) is 3. The Morgan fingerprint density at radius 2 is 1.62 bits per heavy atom. The normalized spacial score (nSPS) is 18.1. The van der Waals surface area contributed by atoms with Crippen molar-refractivity contribution >= 4 is 5.91 Å². The van der Waals surface area contributed by atoms with Crippen molar-refractivity contribution in [2.45, 2.75) is 45.6 Å². The maximum Gasteiger partial charge on any atom is 0.416 e. The van der Waals surface area contributed by atoms with E-state index in [9.17, 15) is 18.0 Å². The van der Waals surface area contributed by atoms with E-state index in [2.05, 4.69) is 23.6 Å². The maximum absolute atomic E-state index is 13.0. The number of rotatable bonds is 4. The summed E-state index contributed by atoms with van der Waals surface area (Å²) in [7, 11) is 0. The lowest BCUT2D eigenvalue weighted by molar-refractivity contribution is -0.137. The fraction of sp³-hybridized carbons (Fsp3) is 0.480. The fourth-order valence-electron chi connectivity index (χ4n) is 4.56. The summed E-state index contributed by atoms with van der Waals surface area (Å²) in [6, 6.07) is 11.9. The van der Waals surface area contributed by atoms with Crippen LogP contribution in [0.15, 0.2) is 42.5 Å². The Morgan fingerprint density at radius 3 is 2.25 bits per heavy atom. The molecule has 0 aliphatic carbocycles. The number of benzene rings is 2. The summed E-state index contributed by atoms with van der Waals surface area (Å²) in [5.41, 5.74) is 3.38. The number of amides is 1. The van der Waals surface area contributed by atoms with E-state index in [1.807, 2.05) is 23.1 Å². The van der Waals surface area contributed by atoms with Crippen LogP contribution in [0.1, 0.15) is 46.5 Å². The second-order valence-electron chi connectivity index (χ2n) is 9.06. The molecule has 7 heteroatoms. The molecule has 2 heterocycles. The van der Waals surface area contributed by atoms with Crippen LogP contribution in [0.2, 0.25) is 0 Å². The number of fused-ring (bicyclic) bond motifs is 1. The molecule has 0 unspecified atom stereocenters. The summed E-state index contributed by atoms with van der Waals surface area (Å²) in [6.45, 7) is 9.86. The minimum atomic E-state index is -4.31. The quantitative estimate of drug-likeness (QED) is 0.697. The van der Waals surface area contributed by atoms with E-state index in [0.29, 0.717) is 12.6 Å². The fourth-order valence-corrected chi connectivity index (χ4v) is 4.56. The zero-order chi connectivity index (χ0) is 22.9. The molecule has 0 saturated carbocycles. The summed E-state index contributed by atoms with van der Waals surface area (Å²) < 4.78 is 38.3. The average Bonchev–Trinajstić information content (AvgIpc) is 2.78. The molecular weight excluding hydrogens is 415 g/mol. The van der Waals surface area contributed by atoms with Crippen LogP contribution in [0, 0.1) is 0 Å². The molecule has 172 valence electrons. The molecule has 1 fully saturated rings. The molecule has 0 atom stereocenters. The second-order valence-corrected chi connectivity index (χ2v) is 9.06. The first kappa shape index (κ1) is 22.8. The molecule has 0 radical (unpaired) electrons. The number of hydrogen-bond acceptors (Lipinski definition) is 3. The Labute approximate surface area is 187 Å². The third-order valence-corrected chi connectivity index (χ3v) is 6.56. The van der Waals surface area contributed by atoms with Gasteiger partial charge in [0.15, 0.2) is 0 Å². The average molecular weight is 446 g/mol. The molecule has 0 N–H and O–H groups in total. The summed E-state index contributed by atoms with van der Waals surface area (Å²) in [6.07, 6.45) is -3.47. The molecule has 4 nitrogen and oxygen atoms in total. The highest BCUT2D eigenvalue weighted by Gasteiger charge is 2.30. The van der Waals surface area contributed by atoms with Gasteiger partial charge in [-0.15, -0.1) is 0 Å². The zero-order valence-corrected chi connectivity index (χ0v) is 18.7. The Morgan fingerprint density at radius 1 is 0.938 bits per heavy atom. The number of halogens is 3. The predicted octanol–water partition coefficient (Wildman–Crippen LogP) is 4.43. The highest BCUT2D eigenvalue weighted by atomic mass is 19.4. The highest BCUT2D eigenvalue weighted by molar-refractivity contribution is 5.94. The lowest BCUT2D eigenvalue weighted by atomic mass is 9.96. The molecule has 2 aliphatic rings. The topological polar surface area (TPSA) is 26.8 Å². The molecule has 0 bridgehead atoms. The first-order valence-corrected chi connectivity index (χ1v) is 11.2. The third-order valence-electron chi connectivity index (χ3n) is 6.56. The first-order valence-electron chi connectivity index (χ1n) is 11.2. The second kappa shape index (κ2) is 9.24.